The van der Waals surface area contributed by atoms with Gasteiger partial charge in [0.05, 0.1) is 6.04 Å². The quantitative estimate of drug-likeness (QED) is 0.805. The van der Waals surface area contributed by atoms with Crippen molar-refractivity contribution in [1.82, 2.24) is 10.2 Å². The van der Waals surface area contributed by atoms with Crippen LogP contribution in [0.25, 0.3) is 0 Å². The Kier molecular flexibility index (Phi) is 2.84. The average molecular weight is 238 g/mol. The monoisotopic (exact) mass is 238 g/mol. The minimum absolute atomic E-state index is 0.0526. The first kappa shape index (κ1) is 11.1. The molecule has 1 aromatic carbocycles. The largest absolute Gasteiger partial charge is 0.313 e. The summed E-state index contributed by atoms with van der Waals surface area (Å²) in [6.07, 6.45) is 2.35. The van der Waals surface area contributed by atoms with Crippen LogP contribution in [0.3, 0.4) is 0 Å². The molecule has 2 aliphatic heterocycles. The van der Waals surface area contributed by atoms with Gasteiger partial charge in [-0.15, -0.1) is 0 Å². The lowest BCUT2D eigenvalue weighted by Gasteiger charge is -2.38. The summed E-state index contributed by atoms with van der Waals surface area (Å²) in [4.78, 5) is 2.35. The van der Waals surface area contributed by atoms with Crippen LogP contribution in [0, 0.1) is 11.6 Å². The Morgan fingerprint density at radius 1 is 1.24 bits per heavy atom. The molecule has 0 bridgehead atoms. The van der Waals surface area contributed by atoms with Crippen LogP contribution < -0.4 is 5.32 Å². The van der Waals surface area contributed by atoms with E-state index in [-0.39, 0.29) is 6.04 Å². The van der Waals surface area contributed by atoms with Gasteiger partial charge in [0.2, 0.25) is 0 Å². The molecule has 1 N–H and O–H groups in total. The number of rotatable bonds is 1. The molecule has 0 radical (unpaired) electrons. The van der Waals surface area contributed by atoms with Crippen LogP contribution in [0.5, 0.6) is 0 Å². The number of fused-ring (bicyclic) bond motifs is 1. The molecule has 4 heteroatoms. The highest BCUT2D eigenvalue weighted by molar-refractivity contribution is 5.24. The molecule has 2 heterocycles. The van der Waals surface area contributed by atoms with Crippen molar-refractivity contribution >= 4 is 0 Å². The van der Waals surface area contributed by atoms with Gasteiger partial charge >= 0.3 is 0 Å². The molecule has 0 spiro atoms. The second kappa shape index (κ2) is 4.35. The fourth-order valence-electron chi connectivity index (χ4n) is 3.05. The van der Waals surface area contributed by atoms with Crippen molar-refractivity contribution < 1.29 is 8.78 Å². The van der Waals surface area contributed by atoms with E-state index in [0.29, 0.717) is 11.6 Å². The number of nitrogens with one attached hydrogen (secondary N) is 1. The molecule has 1 aromatic rings. The van der Waals surface area contributed by atoms with Crippen molar-refractivity contribution in [2.24, 2.45) is 0 Å². The standard InChI is InChI=1S/C13H16F2N2/c14-9-3-4-11(12(15)6-9)13-8-16-7-10-2-1-5-17(10)13/h3-4,6,10,13,16H,1-2,5,7-8H2/t10-,13?/m0/s1. The molecule has 3 rings (SSSR count). The van der Waals surface area contributed by atoms with Gasteiger partial charge in [-0.3, -0.25) is 4.90 Å². The third-order valence-corrected chi connectivity index (χ3v) is 3.86. The maximum atomic E-state index is 13.8. The van der Waals surface area contributed by atoms with E-state index in [9.17, 15) is 8.78 Å². The zero-order chi connectivity index (χ0) is 11.8. The molecule has 0 aliphatic carbocycles. The highest BCUT2D eigenvalue weighted by Gasteiger charge is 2.35. The van der Waals surface area contributed by atoms with E-state index in [0.717, 1.165) is 25.7 Å². The smallest absolute Gasteiger partial charge is 0.130 e. The molecule has 2 nitrogen and oxygen atoms in total. The Morgan fingerprint density at radius 3 is 2.94 bits per heavy atom. The van der Waals surface area contributed by atoms with Gasteiger partial charge in [0.15, 0.2) is 0 Å². The number of nitrogens with zero attached hydrogens (tertiary/aromatic N) is 1. The molecule has 2 saturated heterocycles. The summed E-state index contributed by atoms with van der Waals surface area (Å²) in [6, 6.07) is 4.47. The summed E-state index contributed by atoms with van der Waals surface area (Å²) in [6.45, 7) is 2.76. The SMILES string of the molecule is Fc1ccc(C2CNC[C@@H]3CCCN23)c(F)c1. The van der Waals surface area contributed by atoms with Crippen molar-refractivity contribution in [1.29, 1.82) is 0 Å². The van der Waals surface area contributed by atoms with Crippen LogP contribution in [0.4, 0.5) is 8.78 Å². The third kappa shape index (κ3) is 1.96. The Labute approximate surface area is 99.6 Å². The second-order valence-corrected chi connectivity index (χ2v) is 4.87. The van der Waals surface area contributed by atoms with E-state index < -0.39 is 11.6 Å². The summed E-state index contributed by atoms with van der Waals surface area (Å²) < 4.78 is 26.7. The molecule has 0 aromatic heterocycles. The van der Waals surface area contributed by atoms with Crippen LogP contribution in [0.15, 0.2) is 18.2 Å². The topological polar surface area (TPSA) is 15.3 Å². The minimum Gasteiger partial charge on any atom is -0.313 e. The molecule has 0 amide bonds. The van der Waals surface area contributed by atoms with E-state index >= 15 is 0 Å². The molecule has 2 fully saturated rings. The van der Waals surface area contributed by atoms with Gasteiger partial charge in [-0.05, 0) is 25.5 Å². The van der Waals surface area contributed by atoms with E-state index in [2.05, 4.69) is 10.2 Å². The van der Waals surface area contributed by atoms with Crippen molar-refractivity contribution in [3.05, 3.63) is 35.4 Å². The van der Waals surface area contributed by atoms with Crippen LogP contribution >= 0.6 is 0 Å². The van der Waals surface area contributed by atoms with Gasteiger partial charge in [-0.1, -0.05) is 6.07 Å². The van der Waals surface area contributed by atoms with Crippen LogP contribution in [0.1, 0.15) is 24.4 Å². The summed E-state index contributed by atoms with van der Waals surface area (Å²) in [5.41, 5.74) is 0.616. The van der Waals surface area contributed by atoms with E-state index in [1.165, 1.54) is 18.9 Å². The van der Waals surface area contributed by atoms with Crippen molar-refractivity contribution in [2.45, 2.75) is 24.9 Å². The number of hydrogen-bond acceptors (Lipinski definition) is 2. The summed E-state index contributed by atoms with van der Waals surface area (Å²) >= 11 is 0. The Bertz CT molecular complexity index is 422. The van der Waals surface area contributed by atoms with Crippen LogP contribution in [-0.2, 0) is 0 Å². The molecule has 17 heavy (non-hydrogen) atoms. The third-order valence-electron chi connectivity index (χ3n) is 3.86. The van der Waals surface area contributed by atoms with Gasteiger partial charge in [0.25, 0.3) is 0 Å². The lowest BCUT2D eigenvalue weighted by molar-refractivity contribution is 0.135. The maximum absolute atomic E-state index is 13.8. The van der Waals surface area contributed by atoms with Crippen molar-refractivity contribution in [2.75, 3.05) is 19.6 Å². The lowest BCUT2D eigenvalue weighted by atomic mass is 10.0. The highest BCUT2D eigenvalue weighted by Crippen LogP contribution is 2.32. The Balaban J connectivity index is 1.91. The predicted molar refractivity (Wildman–Crippen MR) is 61.7 cm³/mol. The molecular weight excluding hydrogens is 222 g/mol. The van der Waals surface area contributed by atoms with Crippen LogP contribution in [0.2, 0.25) is 0 Å². The first-order chi connectivity index (χ1) is 8.25. The molecule has 92 valence electrons. The van der Waals surface area contributed by atoms with Crippen LogP contribution in [-0.4, -0.2) is 30.6 Å². The van der Waals surface area contributed by atoms with Crippen molar-refractivity contribution in [3.63, 3.8) is 0 Å². The van der Waals surface area contributed by atoms with E-state index in [1.807, 2.05) is 0 Å². The normalized spacial score (nSPS) is 29.3. The first-order valence-electron chi connectivity index (χ1n) is 6.17. The summed E-state index contributed by atoms with van der Waals surface area (Å²) in [5.74, 6) is -0.933. The molecule has 2 aliphatic rings. The fourth-order valence-corrected chi connectivity index (χ4v) is 3.05. The lowest BCUT2D eigenvalue weighted by Crippen LogP contribution is -2.49. The Morgan fingerprint density at radius 2 is 2.12 bits per heavy atom. The van der Waals surface area contributed by atoms with Gasteiger partial charge < -0.3 is 5.32 Å². The molecular formula is C13H16F2N2. The summed E-state index contributed by atoms with van der Waals surface area (Å²) in [5, 5.41) is 3.34. The molecule has 1 unspecified atom stereocenters. The second-order valence-electron chi connectivity index (χ2n) is 4.87. The number of piperazine rings is 1. The molecule has 0 saturated carbocycles. The van der Waals surface area contributed by atoms with Gasteiger partial charge in [-0.2, -0.15) is 0 Å². The van der Waals surface area contributed by atoms with Crippen molar-refractivity contribution in [3.8, 4) is 0 Å². The zero-order valence-electron chi connectivity index (χ0n) is 9.63. The first-order valence-corrected chi connectivity index (χ1v) is 6.17. The maximum Gasteiger partial charge on any atom is 0.130 e. The average Bonchev–Trinajstić information content (AvgIpc) is 2.77. The fraction of sp³-hybridized carbons (Fsp3) is 0.538. The summed E-state index contributed by atoms with van der Waals surface area (Å²) in [7, 11) is 0. The number of benzene rings is 1. The number of hydrogen-bond donors (Lipinski definition) is 1. The van der Waals surface area contributed by atoms with E-state index in [4.69, 9.17) is 0 Å². The van der Waals surface area contributed by atoms with Gasteiger partial charge in [0, 0.05) is 30.8 Å². The van der Waals surface area contributed by atoms with E-state index in [1.54, 1.807) is 6.07 Å². The van der Waals surface area contributed by atoms with Gasteiger partial charge in [-0.25, -0.2) is 8.78 Å². The van der Waals surface area contributed by atoms with Gasteiger partial charge in [0.1, 0.15) is 11.6 Å². The predicted octanol–water partition coefficient (Wildman–Crippen LogP) is 2.07. The highest BCUT2D eigenvalue weighted by atomic mass is 19.1. The minimum atomic E-state index is -0.506. The number of halogens is 2. The molecule has 2 atom stereocenters. The Hall–Kier alpha value is -1.00. The zero-order valence-corrected chi connectivity index (χ0v) is 9.63.